The molecular formula is C20H25IN2O3SSi. The molecule has 2 heterocycles. The van der Waals surface area contributed by atoms with Crippen molar-refractivity contribution in [1.29, 1.82) is 0 Å². The summed E-state index contributed by atoms with van der Waals surface area (Å²) >= 11 is 2.16. The van der Waals surface area contributed by atoms with Gasteiger partial charge in [0.2, 0.25) is 0 Å². The van der Waals surface area contributed by atoms with Crippen LogP contribution in [0.15, 0.2) is 53.7 Å². The third-order valence-electron chi connectivity index (χ3n) is 5.33. The zero-order valence-electron chi connectivity index (χ0n) is 16.7. The zero-order valence-corrected chi connectivity index (χ0v) is 20.7. The Bertz CT molecular complexity index is 1100. The summed E-state index contributed by atoms with van der Waals surface area (Å²) in [5.41, 5.74) is 1.38. The molecule has 0 aliphatic heterocycles. The van der Waals surface area contributed by atoms with Crippen LogP contribution in [-0.2, 0) is 21.1 Å². The number of halogens is 1. The smallest absolute Gasteiger partial charge is 0.269 e. The van der Waals surface area contributed by atoms with E-state index < -0.39 is 18.3 Å². The van der Waals surface area contributed by atoms with Crippen LogP contribution in [0.1, 0.15) is 26.3 Å². The lowest BCUT2D eigenvalue weighted by molar-refractivity contribution is 0.276. The number of benzene rings is 1. The average Bonchev–Trinajstić information content (AvgIpc) is 2.97. The molecule has 0 aliphatic carbocycles. The third-order valence-corrected chi connectivity index (χ3v) is 12.3. The zero-order chi connectivity index (χ0) is 20.7. The Kier molecular flexibility index (Phi) is 5.79. The molecule has 0 N–H and O–H groups in total. The second kappa shape index (κ2) is 7.55. The fourth-order valence-electron chi connectivity index (χ4n) is 2.53. The predicted octanol–water partition coefficient (Wildman–Crippen LogP) is 5.40. The Balaban J connectivity index is 1.97. The third kappa shape index (κ3) is 4.05. The van der Waals surface area contributed by atoms with Gasteiger partial charge in [-0.05, 0) is 64.5 Å². The number of fused-ring (bicyclic) bond motifs is 1. The molecule has 0 unspecified atom stereocenters. The van der Waals surface area contributed by atoms with Gasteiger partial charge in [-0.1, -0.05) is 39.0 Å². The van der Waals surface area contributed by atoms with E-state index in [9.17, 15) is 8.42 Å². The number of nitrogens with zero attached hydrogens (tertiary/aromatic N) is 2. The lowest BCUT2D eigenvalue weighted by atomic mass is 10.2. The van der Waals surface area contributed by atoms with Gasteiger partial charge >= 0.3 is 0 Å². The summed E-state index contributed by atoms with van der Waals surface area (Å²) in [6, 6.07) is 10.4. The normalized spacial score (nSPS) is 13.2. The van der Waals surface area contributed by atoms with E-state index in [-0.39, 0.29) is 9.93 Å². The van der Waals surface area contributed by atoms with Crippen LogP contribution >= 0.6 is 22.6 Å². The Morgan fingerprint density at radius 3 is 2.43 bits per heavy atom. The van der Waals surface area contributed by atoms with Crippen molar-refractivity contribution in [2.24, 2.45) is 0 Å². The van der Waals surface area contributed by atoms with E-state index >= 15 is 0 Å². The van der Waals surface area contributed by atoms with Gasteiger partial charge in [0.25, 0.3) is 10.0 Å². The standard InChI is InChI=1S/C20H25IN2O3SSi/c1-20(2,3)28(4,5)26-14-15-11-17-18(21)13-23(19(17)22-12-15)27(24,25)16-9-7-6-8-10-16/h6-13H,14H2,1-5H3. The highest BCUT2D eigenvalue weighted by Gasteiger charge is 2.37. The molecule has 3 aromatic rings. The first-order valence-electron chi connectivity index (χ1n) is 9.03. The van der Waals surface area contributed by atoms with Gasteiger partial charge in [-0.2, -0.15) is 0 Å². The van der Waals surface area contributed by atoms with E-state index in [1.54, 1.807) is 42.7 Å². The highest BCUT2D eigenvalue weighted by Crippen LogP contribution is 2.37. The fourth-order valence-corrected chi connectivity index (χ4v) is 5.70. The van der Waals surface area contributed by atoms with Gasteiger partial charge in [0, 0.05) is 21.4 Å². The van der Waals surface area contributed by atoms with Crippen molar-refractivity contribution < 1.29 is 12.8 Å². The molecule has 8 heteroatoms. The summed E-state index contributed by atoms with van der Waals surface area (Å²) in [5, 5.41) is 0.947. The van der Waals surface area contributed by atoms with Gasteiger partial charge < -0.3 is 4.43 Å². The minimum atomic E-state index is -3.69. The van der Waals surface area contributed by atoms with Gasteiger partial charge in [0.15, 0.2) is 14.0 Å². The molecule has 28 heavy (non-hydrogen) atoms. The topological polar surface area (TPSA) is 61.2 Å². The van der Waals surface area contributed by atoms with Crippen LogP contribution in [0.5, 0.6) is 0 Å². The maximum atomic E-state index is 13.0. The second-order valence-corrected chi connectivity index (χ2v) is 16.1. The molecule has 150 valence electrons. The molecule has 3 rings (SSSR count). The lowest BCUT2D eigenvalue weighted by Crippen LogP contribution is -2.40. The van der Waals surface area contributed by atoms with Crippen molar-refractivity contribution >= 4 is 52.0 Å². The summed E-state index contributed by atoms with van der Waals surface area (Å²) < 4.78 is 34.4. The fraction of sp³-hybridized carbons (Fsp3) is 0.350. The molecule has 1 aromatic carbocycles. The van der Waals surface area contributed by atoms with Crippen molar-refractivity contribution in [1.82, 2.24) is 8.96 Å². The maximum Gasteiger partial charge on any atom is 0.269 e. The molecule has 0 bridgehead atoms. The van der Waals surface area contributed by atoms with Crippen LogP contribution in [0.25, 0.3) is 11.0 Å². The van der Waals surface area contributed by atoms with Crippen molar-refractivity contribution in [2.45, 2.75) is 50.4 Å². The molecule has 0 aliphatic rings. The van der Waals surface area contributed by atoms with Crippen molar-refractivity contribution in [2.75, 3.05) is 0 Å². The summed E-state index contributed by atoms with van der Waals surface area (Å²) in [4.78, 5) is 4.72. The van der Waals surface area contributed by atoms with Crippen molar-refractivity contribution in [3.63, 3.8) is 0 Å². The first-order valence-corrected chi connectivity index (χ1v) is 14.5. The number of aromatic nitrogens is 2. The lowest BCUT2D eigenvalue weighted by Gasteiger charge is -2.36. The average molecular weight is 528 g/mol. The number of hydrogen-bond donors (Lipinski definition) is 0. The number of rotatable bonds is 5. The Morgan fingerprint density at radius 2 is 1.82 bits per heavy atom. The van der Waals surface area contributed by atoms with E-state index in [2.05, 4.69) is 61.4 Å². The van der Waals surface area contributed by atoms with Gasteiger partial charge in [0.05, 0.1) is 11.5 Å². The van der Waals surface area contributed by atoms with E-state index in [0.29, 0.717) is 12.3 Å². The van der Waals surface area contributed by atoms with Crippen LogP contribution < -0.4 is 0 Å². The second-order valence-electron chi connectivity index (χ2n) is 8.35. The highest BCUT2D eigenvalue weighted by atomic mass is 127. The van der Waals surface area contributed by atoms with Crippen LogP contribution in [-0.4, -0.2) is 25.7 Å². The quantitative estimate of drug-likeness (QED) is 0.329. The van der Waals surface area contributed by atoms with E-state index in [1.807, 2.05) is 6.07 Å². The Hall–Kier alpha value is -1.23. The van der Waals surface area contributed by atoms with Crippen molar-refractivity contribution in [3.05, 3.63) is 57.9 Å². The predicted molar refractivity (Wildman–Crippen MR) is 123 cm³/mol. The molecule has 2 aromatic heterocycles. The number of hydrogen-bond acceptors (Lipinski definition) is 4. The molecule has 0 spiro atoms. The van der Waals surface area contributed by atoms with Crippen molar-refractivity contribution in [3.8, 4) is 0 Å². The minimum Gasteiger partial charge on any atom is -0.413 e. The summed E-state index contributed by atoms with van der Waals surface area (Å²) in [5.74, 6) is 0. The Morgan fingerprint density at radius 1 is 1.18 bits per heavy atom. The molecule has 5 nitrogen and oxygen atoms in total. The monoisotopic (exact) mass is 528 g/mol. The van der Waals surface area contributed by atoms with Gasteiger partial charge in [0.1, 0.15) is 0 Å². The molecule has 0 saturated carbocycles. The van der Waals surface area contributed by atoms with Gasteiger partial charge in [-0.15, -0.1) is 0 Å². The molecular weight excluding hydrogens is 503 g/mol. The van der Waals surface area contributed by atoms with Crippen LogP contribution in [0.2, 0.25) is 18.1 Å². The van der Waals surface area contributed by atoms with Crippen LogP contribution in [0.3, 0.4) is 0 Å². The summed E-state index contributed by atoms with van der Waals surface area (Å²) in [7, 11) is -5.56. The SMILES string of the molecule is CC(C)(C)[Si](C)(C)OCc1cnc2c(c1)c(I)cn2S(=O)(=O)c1ccccc1. The van der Waals surface area contributed by atoms with E-state index in [4.69, 9.17) is 4.43 Å². The van der Waals surface area contributed by atoms with Crippen LogP contribution in [0.4, 0.5) is 0 Å². The molecule has 0 fully saturated rings. The van der Waals surface area contributed by atoms with E-state index in [1.165, 1.54) is 3.97 Å². The maximum absolute atomic E-state index is 13.0. The van der Waals surface area contributed by atoms with Gasteiger partial charge in [-0.25, -0.2) is 17.4 Å². The van der Waals surface area contributed by atoms with Crippen LogP contribution in [0, 0.1) is 3.57 Å². The molecule has 0 amide bonds. The summed E-state index contributed by atoms with van der Waals surface area (Å²) in [6.07, 6.45) is 3.33. The largest absolute Gasteiger partial charge is 0.413 e. The molecule has 0 saturated heterocycles. The summed E-state index contributed by atoms with van der Waals surface area (Å²) in [6.45, 7) is 11.5. The van der Waals surface area contributed by atoms with Gasteiger partial charge in [-0.3, -0.25) is 0 Å². The number of pyridine rings is 1. The molecule has 0 atom stereocenters. The first-order chi connectivity index (χ1) is 12.9. The van der Waals surface area contributed by atoms with E-state index in [0.717, 1.165) is 14.5 Å². The highest BCUT2D eigenvalue weighted by molar-refractivity contribution is 14.1. The first kappa shape index (κ1) is 21.5. The molecule has 0 radical (unpaired) electrons. The minimum absolute atomic E-state index is 0.131. The Labute approximate surface area is 181 Å².